The van der Waals surface area contributed by atoms with Crippen LogP contribution in [-0.2, 0) is 0 Å². The Hall–Kier alpha value is -1.04. The van der Waals surface area contributed by atoms with Crippen LogP contribution >= 0.6 is 0 Å². The number of hydrogen-bond acceptors (Lipinski definition) is 2. The molecule has 1 aliphatic rings. The number of hydrogen-bond donors (Lipinski definition) is 3. The summed E-state index contributed by atoms with van der Waals surface area (Å²) in [6.07, 6.45) is -0.405. The van der Waals surface area contributed by atoms with Gasteiger partial charge < -0.3 is 44.9 Å². The third-order valence-corrected chi connectivity index (χ3v) is 4.11. The summed E-state index contributed by atoms with van der Waals surface area (Å²) in [5.41, 5.74) is 0. The van der Waals surface area contributed by atoms with E-state index in [2.05, 4.69) is 23.5 Å². The van der Waals surface area contributed by atoms with E-state index in [1.165, 1.54) is 10.3 Å². The Kier molecular flexibility index (Phi) is 8.66. The molecular formula is C17H24Cl2N2O2. The quantitative estimate of drug-likeness (QED) is 0.497. The predicted octanol–water partition coefficient (Wildman–Crippen LogP) is -6.95. The van der Waals surface area contributed by atoms with Gasteiger partial charge in [0.2, 0.25) is 0 Å². The molecule has 0 aliphatic carbocycles. The molecule has 0 radical (unpaired) electrons. The molecule has 128 valence electrons. The molecule has 1 saturated heterocycles. The minimum Gasteiger partial charge on any atom is -1.00 e. The number of aliphatic hydroxyl groups is 1. The number of aliphatic hydroxyl groups excluding tert-OH is 1. The fourth-order valence-corrected chi connectivity index (χ4v) is 2.99. The van der Waals surface area contributed by atoms with E-state index in [1.807, 2.05) is 24.3 Å². The van der Waals surface area contributed by atoms with Crippen LogP contribution in [0.4, 0.5) is 0 Å². The van der Waals surface area contributed by atoms with E-state index in [0.29, 0.717) is 6.61 Å². The van der Waals surface area contributed by atoms with Gasteiger partial charge in [0.1, 0.15) is 51.2 Å². The lowest BCUT2D eigenvalue weighted by Crippen LogP contribution is -3.21. The molecule has 0 saturated carbocycles. The number of halogens is 2. The van der Waals surface area contributed by atoms with E-state index >= 15 is 0 Å². The van der Waals surface area contributed by atoms with Crippen molar-refractivity contribution < 1.29 is 44.9 Å². The van der Waals surface area contributed by atoms with Gasteiger partial charge in [0, 0.05) is 5.39 Å². The molecule has 1 atom stereocenters. The molecule has 0 amide bonds. The highest BCUT2D eigenvalue weighted by atomic mass is 35.5. The fraction of sp³-hybridized carbons (Fsp3) is 0.412. The number of benzene rings is 2. The first-order chi connectivity index (χ1) is 10.3. The van der Waals surface area contributed by atoms with Crippen molar-refractivity contribution in [3.8, 4) is 5.75 Å². The van der Waals surface area contributed by atoms with E-state index < -0.39 is 6.10 Å². The zero-order valence-corrected chi connectivity index (χ0v) is 14.6. The second-order valence-corrected chi connectivity index (χ2v) is 5.76. The van der Waals surface area contributed by atoms with Crippen molar-refractivity contribution in [3.63, 3.8) is 0 Å². The number of nitrogens with one attached hydrogen (secondary N) is 1. The molecule has 0 aromatic heterocycles. The maximum Gasteiger partial charge on any atom is 0.137 e. The number of nitrogens with two attached hydrogens (primary N) is 1. The second kappa shape index (κ2) is 9.96. The summed E-state index contributed by atoms with van der Waals surface area (Å²) in [6.45, 7) is 5.72. The van der Waals surface area contributed by atoms with Gasteiger partial charge in [-0.1, -0.05) is 36.4 Å². The van der Waals surface area contributed by atoms with Crippen molar-refractivity contribution in [1.82, 2.24) is 0 Å². The monoisotopic (exact) mass is 358 g/mol. The van der Waals surface area contributed by atoms with Gasteiger partial charge in [-0.25, -0.2) is 0 Å². The number of rotatable bonds is 5. The third kappa shape index (κ3) is 5.52. The summed E-state index contributed by atoms with van der Waals surface area (Å²) in [5, 5.41) is 14.8. The van der Waals surface area contributed by atoms with Gasteiger partial charge in [0.15, 0.2) is 0 Å². The third-order valence-electron chi connectivity index (χ3n) is 4.11. The molecule has 6 heteroatoms. The Balaban J connectivity index is 0.00000132. The average molecular weight is 359 g/mol. The smallest absolute Gasteiger partial charge is 0.137 e. The first-order valence-electron chi connectivity index (χ1n) is 7.77. The van der Waals surface area contributed by atoms with Crippen molar-refractivity contribution in [2.75, 3.05) is 39.3 Å². The van der Waals surface area contributed by atoms with E-state index in [1.54, 1.807) is 0 Å². The van der Waals surface area contributed by atoms with Crippen LogP contribution in [-0.4, -0.2) is 50.5 Å². The molecule has 4 nitrogen and oxygen atoms in total. The van der Waals surface area contributed by atoms with Crippen molar-refractivity contribution in [2.24, 2.45) is 0 Å². The van der Waals surface area contributed by atoms with Gasteiger partial charge in [0.05, 0.1) is 0 Å². The Bertz CT molecular complexity index is 586. The van der Waals surface area contributed by atoms with Crippen LogP contribution in [0.25, 0.3) is 10.8 Å². The predicted molar refractivity (Wildman–Crippen MR) is 82.7 cm³/mol. The fourth-order valence-electron chi connectivity index (χ4n) is 2.99. The highest BCUT2D eigenvalue weighted by molar-refractivity contribution is 5.88. The van der Waals surface area contributed by atoms with Gasteiger partial charge in [-0.2, -0.15) is 0 Å². The normalized spacial score (nSPS) is 16.2. The summed E-state index contributed by atoms with van der Waals surface area (Å²) in [6, 6.07) is 14.2. The molecule has 1 fully saturated rings. The lowest BCUT2D eigenvalue weighted by atomic mass is 10.1. The largest absolute Gasteiger partial charge is 1.00 e. The van der Waals surface area contributed by atoms with Gasteiger partial charge in [-0.15, -0.1) is 0 Å². The van der Waals surface area contributed by atoms with Gasteiger partial charge in [-0.3, -0.25) is 0 Å². The lowest BCUT2D eigenvalue weighted by molar-refractivity contribution is -0.949. The molecule has 4 N–H and O–H groups in total. The number of ether oxygens (including phenoxy) is 1. The molecule has 2 aromatic rings. The van der Waals surface area contributed by atoms with E-state index in [4.69, 9.17) is 4.74 Å². The number of quaternary nitrogens is 2. The van der Waals surface area contributed by atoms with Crippen molar-refractivity contribution >= 4 is 10.8 Å². The minimum atomic E-state index is -0.405. The van der Waals surface area contributed by atoms with E-state index in [9.17, 15) is 5.11 Å². The lowest BCUT2D eigenvalue weighted by Gasteiger charge is -2.24. The first kappa shape index (κ1) is 20.0. The summed E-state index contributed by atoms with van der Waals surface area (Å²) in [5.74, 6) is 0.856. The zero-order valence-electron chi connectivity index (χ0n) is 13.1. The van der Waals surface area contributed by atoms with Crippen LogP contribution < -0.4 is 39.8 Å². The summed E-state index contributed by atoms with van der Waals surface area (Å²) >= 11 is 0. The molecular weight excluding hydrogens is 335 g/mol. The molecule has 0 bridgehead atoms. The van der Waals surface area contributed by atoms with Crippen LogP contribution in [0, 0.1) is 0 Å². The highest BCUT2D eigenvalue weighted by Crippen LogP contribution is 2.25. The molecule has 1 heterocycles. The van der Waals surface area contributed by atoms with E-state index in [-0.39, 0.29) is 24.8 Å². The summed E-state index contributed by atoms with van der Waals surface area (Å²) in [7, 11) is 0. The Labute approximate surface area is 149 Å². The zero-order chi connectivity index (χ0) is 14.5. The topological polar surface area (TPSA) is 50.5 Å². The van der Waals surface area contributed by atoms with Gasteiger partial charge in [0.25, 0.3) is 0 Å². The van der Waals surface area contributed by atoms with Gasteiger partial charge >= 0.3 is 0 Å². The van der Waals surface area contributed by atoms with E-state index in [0.717, 1.165) is 43.9 Å². The van der Waals surface area contributed by atoms with Crippen molar-refractivity contribution in [3.05, 3.63) is 42.5 Å². The first-order valence-corrected chi connectivity index (χ1v) is 7.77. The minimum absolute atomic E-state index is 0. The number of fused-ring (bicyclic) bond motifs is 1. The molecule has 23 heavy (non-hydrogen) atoms. The van der Waals surface area contributed by atoms with Crippen LogP contribution in [0.1, 0.15) is 0 Å². The molecule has 2 aromatic carbocycles. The average Bonchev–Trinajstić information content (AvgIpc) is 2.54. The SMILES string of the molecule is OC(COc1cccc2ccccc12)C[NH+]1CC[NH2+]CC1.[Cl-].[Cl-]. The Morgan fingerprint density at radius 3 is 2.52 bits per heavy atom. The van der Waals surface area contributed by atoms with Crippen LogP contribution in [0.15, 0.2) is 42.5 Å². The molecule has 3 rings (SSSR count). The summed E-state index contributed by atoms with van der Waals surface area (Å²) in [4.78, 5) is 1.48. The molecule has 1 unspecified atom stereocenters. The van der Waals surface area contributed by atoms with Gasteiger partial charge in [-0.05, 0) is 11.5 Å². The highest BCUT2D eigenvalue weighted by Gasteiger charge is 2.19. The maximum absolute atomic E-state index is 10.2. The van der Waals surface area contributed by atoms with Crippen LogP contribution in [0.2, 0.25) is 0 Å². The standard InChI is InChI=1S/C17H22N2O2.2ClH/c20-15(12-19-10-8-18-9-11-19)13-21-17-7-3-5-14-4-1-2-6-16(14)17;;/h1-7,15,18,20H,8-13H2;2*1H. The molecule has 1 aliphatic heterocycles. The van der Waals surface area contributed by atoms with Crippen LogP contribution in [0.3, 0.4) is 0 Å². The van der Waals surface area contributed by atoms with Crippen molar-refractivity contribution in [2.45, 2.75) is 6.10 Å². The summed E-state index contributed by atoms with van der Waals surface area (Å²) < 4.78 is 5.85. The second-order valence-electron chi connectivity index (χ2n) is 5.76. The number of piperazine rings is 1. The molecule has 0 spiro atoms. The maximum atomic E-state index is 10.2. The van der Waals surface area contributed by atoms with Crippen molar-refractivity contribution in [1.29, 1.82) is 0 Å². The Morgan fingerprint density at radius 2 is 1.74 bits per heavy atom. The van der Waals surface area contributed by atoms with Crippen LogP contribution in [0.5, 0.6) is 5.75 Å². The Morgan fingerprint density at radius 1 is 1.04 bits per heavy atom.